The quantitative estimate of drug-likeness (QED) is 0.283. The Balaban J connectivity index is 0.00000320. The minimum absolute atomic E-state index is 0. The highest BCUT2D eigenvalue weighted by atomic mass is 127. The van der Waals surface area contributed by atoms with Crippen molar-refractivity contribution in [3.8, 4) is 0 Å². The summed E-state index contributed by atoms with van der Waals surface area (Å²) in [5, 5.41) is 19.3. The zero-order valence-electron chi connectivity index (χ0n) is 18.0. The zero-order valence-corrected chi connectivity index (χ0v) is 21.1. The first-order valence-electron chi connectivity index (χ1n) is 10.2. The van der Waals surface area contributed by atoms with E-state index in [0.29, 0.717) is 19.0 Å². The van der Waals surface area contributed by atoms with Gasteiger partial charge in [0.25, 0.3) is 0 Å². The lowest BCUT2D eigenvalue weighted by Crippen LogP contribution is -2.45. The molecule has 1 saturated heterocycles. The Bertz CT molecular complexity index is 791. The molecule has 0 radical (unpaired) electrons. The molecule has 1 aliphatic rings. The molecule has 1 atom stereocenters. The van der Waals surface area contributed by atoms with Crippen LogP contribution in [0.25, 0.3) is 0 Å². The van der Waals surface area contributed by atoms with Crippen LogP contribution in [0.3, 0.4) is 0 Å². The highest BCUT2D eigenvalue weighted by molar-refractivity contribution is 14.0. The lowest BCUT2D eigenvalue weighted by atomic mass is 10.1. The molecule has 7 nitrogen and oxygen atoms in total. The molecular weight excluding hydrogens is 511 g/mol. The summed E-state index contributed by atoms with van der Waals surface area (Å²) in [5.74, 6) is 1.71. The fourth-order valence-electron chi connectivity index (χ4n) is 3.29. The number of aromatic nitrogens is 1. The number of pyridine rings is 1. The maximum absolute atomic E-state index is 10.8. The second-order valence-corrected chi connectivity index (χ2v) is 8.52. The van der Waals surface area contributed by atoms with Crippen molar-refractivity contribution in [3.63, 3.8) is 0 Å². The zero-order chi connectivity index (χ0) is 20.7. The molecule has 3 heterocycles. The van der Waals surface area contributed by atoms with Crippen molar-refractivity contribution >= 4 is 47.1 Å². The molecule has 2 aromatic heterocycles. The number of rotatable bonds is 7. The van der Waals surface area contributed by atoms with Crippen molar-refractivity contribution in [1.29, 1.82) is 0 Å². The molecule has 9 heteroatoms. The summed E-state index contributed by atoms with van der Waals surface area (Å²) in [6.07, 6.45) is 1.85. The van der Waals surface area contributed by atoms with Crippen molar-refractivity contribution in [3.05, 3.63) is 46.3 Å². The van der Waals surface area contributed by atoms with Crippen LogP contribution in [0.2, 0.25) is 0 Å². The van der Waals surface area contributed by atoms with Gasteiger partial charge in [0.2, 0.25) is 0 Å². The molecule has 3 rings (SSSR count). The van der Waals surface area contributed by atoms with Gasteiger partial charge in [-0.05, 0) is 38.4 Å². The molecule has 0 aliphatic carbocycles. The summed E-state index contributed by atoms with van der Waals surface area (Å²) in [6, 6.07) is 7.96. The van der Waals surface area contributed by atoms with Crippen molar-refractivity contribution in [1.82, 2.24) is 20.5 Å². The third-order valence-corrected chi connectivity index (χ3v) is 6.20. The number of nitrogens with zero attached hydrogens (tertiary/aromatic N) is 4. The fourth-order valence-corrected chi connectivity index (χ4v) is 4.08. The van der Waals surface area contributed by atoms with Gasteiger partial charge >= 0.3 is 0 Å². The smallest absolute Gasteiger partial charge is 0.191 e. The van der Waals surface area contributed by atoms with Crippen molar-refractivity contribution in [2.75, 3.05) is 51.2 Å². The second kappa shape index (κ2) is 11.8. The van der Waals surface area contributed by atoms with Gasteiger partial charge < -0.3 is 25.5 Å². The highest BCUT2D eigenvalue weighted by Crippen LogP contribution is 2.24. The number of hydrogen-bond donors (Lipinski definition) is 3. The van der Waals surface area contributed by atoms with Gasteiger partial charge in [0.1, 0.15) is 11.4 Å². The molecule has 30 heavy (non-hydrogen) atoms. The lowest BCUT2D eigenvalue weighted by molar-refractivity contribution is 0.0655. The Hall–Kier alpha value is -1.43. The first-order chi connectivity index (χ1) is 14.0. The molecule has 1 unspecified atom stereocenters. The number of thiophene rings is 1. The Labute approximate surface area is 200 Å². The molecule has 0 saturated carbocycles. The van der Waals surface area contributed by atoms with Crippen LogP contribution in [-0.4, -0.2) is 67.3 Å². The van der Waals surface area contributed by atoms with Crippen LogP contribution in [0, 0.1) is 0 Å². The third kappa shape index (κ3) is 6.79. The van der Waals surface area contributed by atoms with Gasteiger partial charge in [-0.25, -0.2) is 9.98 Å². The predicted octanol–water partition coefficient (Wildman–Crippen LogP) is 2.48. The average molecular weight is 545 g/mol. The minimum atomic E-state index is -0.941. The standard InChI is InChI=1S/C21H32N6OS.HI/c1-4-22-20(25-16-21(2,28)18-8-6-14-29-18)24-15-17-7-5-9-23-19(17)27-12-10-26(3)11-13-27;/h5-9,14,28H,4,10-13,15-16H2,1-3H3,(H2,22,24,25);1H. The van der Waals surface area contributed by atoms with E-state index in [1.54, 1.807) is 11.3 Å². The van der Waals surface area contributed by atoms with E-state index >= 15 is 0 Å². The number of aliphatic hydroxyl groups is 1. The Morgan fingerprint density at radius 1 is 1.23 bits per heavy atom. The number of hydrogen-bond acceptors (Lipinski definition) is 6. The molecule has 0 bridgehead atoms. The predicted molar refractivity (Wildman–Crippen MR) is 136 cm³/mol. The maximum atomic E-state index is 10.8. The second-order valence-electron chi connectivity index (χ2n) is 7.58. The van der Waals surface area contributed by atoms with Crippen LogP contribution < -0.4 is 15.5 Å². The van der Waals surface area contributed by atoms with E-state index in [2.05, 4.69) is 38.5 Å². The van der Waals surface area contributed by atoms with Gasteiger partial charge in [-0.15, -0.1) is 35.3 Å². The van der Waals surface area contributed by atoms with E-state index < -0.39 is 5.60 Å². The molecule has 3 N–H and O–H groups in total. The van der Waals surface area contributed by atoms with E-state index in [1.165, 1.54) is 0 Å². The van der Waals surface area contributed by atoms with Crippen molar-refractivity contribution in [2.24, 2.45) is 4.99 Å². The van der Waals surface area contributed by atoms with Crippen molar-refractivity contribution in [2.45, 2.75) is 26.0 Å². The lowest BCUT2D eigenvalue weighted by Gasteiger charge is -2.34. The summed E-state index contributed by atoms with van der Waals surface area (Å²) in [4.78, 5) is 15.0. The number of halogens is 1. The Morgan fingerprint density at radius 2 is 2.00 bits per heavy atom. The summed E-state index contributed by atoms with van der Waals surface area (Å²) >= 11 is 1.56. The molecule has 0 spiro atoms. The van der Waals surface area contributed by atoms with E-state index in [-0.39, 0.29) is 24.0 Å². The largest absolute Gasteiger partial charge is 0.383 e. The normalized spacial score (nSPS) is 17.2. The van der Waals surface area contributed by atoms with Gasteiger partial charge in [0.15, 0.2) is 5.96 Å². The summed E-state index contributed by atoms with van der Waals surface area (Å²) < 4.78 is 0. The van der Waals surface area contributed by atoms with Crippen LogP contribution in [0.4, 0.5) is 5.82 Å². The maximum Gasteiger partial charge on any atom is 0.191 e. The number of anilines is 1. The van der Waals surface area contributed by atoms with Gasteiger partial charge in [0, 0.05) is 49.4 Å². The minimum Gasteiger partial charge on any atom is -0.383 e. The molecule has 166 valence electrons. The molecule has 0 aromatic carbocycles. The first-order valence-corrected chi connectivity index (χ1v) is 11.0. The number of likely N-dealkylation sites (N-methyl/N-ethyl adjacent to an activating group) is 1. The third-order valence-electron chi connectivity index (χ3n) is 5.07. The Kier molecular flexibility index (Phi) is 9.79. The van der Waals surface area contributed by atoms with Crippen LogP contribution in [-0.2, 0) is 12.1 Å². The van der Waals surface area contributed by atoms with Crippen LogP contribution in [0.5, 0.6) is 0 Å². The van der Waals surface area contributed by atoms with Crippen LogP contribution in [0.1, 0.15) is 24.3 Å². The summed E-state index contributed by atoms with van der Waals surface area (Å²) in [7, 11) is 2.15. The van der Waals surface area contributed by atoms with E-state index in [0.717, 1.165) is 49.0 Å². The van der Waals surface area contributed by atoms with Gasteiger partial charge in [0.05, 0.1) is 13.1 Å². The molecule has 2 aromatic rings. The van der Waals surface area contributed by atoms with Crippen molar-refractivity contribution < 1.29 is 5.11 Å². The van der Waals surface area contributed by atoms with E-state index in [1.807, 2.05) is 43.6 Å². The molecule has 1 aliphatic heterocycles. The number of piperazine rings is 1. The van der Waals surface area contributed by atoms with Gasteiger partial charge in [-0.2, -0.15) is 0 Å². The first kappa shape index (κ1) is 24.8. The number of nitrogens with one attached hydrogen (secondary N) is 2. The van der Waals surface area contributed by atoms with E-state index in [9.17, 15) is 5.11 Å². The molecule has 1 fully saturated rings. The fraction of sp³-hybridized carbons (Fsp3) is 0.524. The van der Waals surface area contributed by atoms with Crippen LogP contribution in [0.15, 0.2) is 40.8 Å². The number of guanidine groups is 1. The number of aliphatic imine (C=N–C) groups is 1. The van der Waals surface area contributed by atoms with E-state index in [4.69, 9.17) is 4.99 Å². The summed E-state index contributed by atoms with van der Waals surface area (Å²) in [5.41, 5.74) is 0.170. The van der Waals surface area contributed by atoms with Gasteiger partial charge in [-0.3, -0.25) is 0 Å². The summed E-state index contributed by atoms with van der Waals surface area (Å²) in [6.45, 7) is 9.58. The van der Waals surface area contributed by atoms with Crippen LogP contribution >= 0.6 is 35.3 Å². The van der Waals surface area contributed by atoms with Gasteiger partial charge in [-0.1, -0.05) is 12.1 Å². The SMILES string of the molecule is CCNC(=NCc1cccnc1N1CCN(C)CC1)NCC(C)(O)c1cccs1.I. The highest BCUT2D eigenvalue weighted by Gasteiger charge is 2.24. The molecular formula is C21H33IN6OS. The Morgan fingerprint density at radius 3 is 2.67 bits per heavy atom. The topological polar surface area (TPSA) is 76.0 Å². The molecule has 0 amide bonds. The monoisotopic (exact) mass is 544 g/mol. The average Bonchev–Trinajstić information content (AvgIpc) is 3.27.